The topological polar surface area (TPSA) is 39.1 Å². The van der Waals surface area contributed by atoms with Crippen LogP contribution in [0.15, 0.2) is 12.5 Å². The Labute approximate surface area is 84.3 Å². The third kappa shape index (κ3) is 1.81. The molecule has 0 bridgehead atoms. The predicted molar refractivity (Wildman–Crippen MR) is 54.0 cm³/mol. The SMILES string of the molecule is CNCC1CCC(c2cncn2C)O1. The van der Waals surface area contributed by atoms with E-state index in [1.165, 1.54) is 5.69 Å². The van der Waals surface area contributed by atoms with Crippen molar-refractivity contribution in [3.63, 3.8) is 0 Å². The van der Waals surface area contributed by atoms with Crippen LogP contribution in [0, 0.1) is 0 Å². The van der Waals surface area contributed by atoms with Crippen molar-refractivity contribution in [3.8, 4) is 0 Å². The largest absolute Gasteiger partial charge is 0.367 e. The van der Waals surface area contributed by atoms with Crippen molar-refractivity contribution < 1.29 is 4.74 Å². The summed E-state index contributed by atoms with van der Waals surface area (Å²) in [7, 11) is 3.97. The standard InChI is InChI=1S/C10H17N3O/c1-11-5-8-3-4-10(14-8)9-6-12-7-13(9)2/h6-8,10-11H,3-5H2,1-2H3. The van der Waals surface area contributed by atoms with E-state index in [0.29, 0.717) is 6.10 Å². The fraction of sp³-hybridized carbons (Fsp3) is 0.700. The van der Waals surface area contributed by atoms with Gasteiger partial charge in [-0.2, -0.15) is 0 Å². The smallest absolute Gasteiger partial charge is 0.0995 e. The van der Waals surface area contributed by atoms with Crippen LogP contribution in [0.3, 0.4) is 0 Å². The van der Waals surface area contributed by atoms with Crippen LogP contribution in [-0.2, 0) is 11.8 Å². The van der Waals surface area contributed by atoms with Crippen LogP contribution >= 0.6 is 0 Å². The molecule has 0 saturated carbocycles. The molecule has 2 unspecified atom stereocenters. The Morgan fingerprint density at radius 1 is 1.64 bits per heavy atom. The van der Waals surface area contributed by atoms with Crippen LogP contribution in [0.2, 0.25) is 0 Å². The zero-order chi connectivity index (χ0) is 9.97. The molecule has 4 nitrogen and oxygen atoms in total. The van der Waals surface area contributed by atoms with E-state index in [9.17, 15) is 0 Å². The number of likely N-dealkylation sites (N-methyl/N-ethyl adjacent to an activating group) is 1. The zero-order valence-electron chi connectivity index (χ0n) is 8.73. The molecular weight excluding hydrogens is 178 g/mol. The minimum Gasteiger partial charge on any atom is -0.367 e. The van der Waals surface area contributed by atoms with Gasteiger partial charge in [0.25, 0.3) is 0 Å². The van der Waals surface area contributed by atoms with E-state index in [0.717, 1.165) is 19.4 Å². The lowest BCUT2D eigenvalue weighted by Crippen LogP contribution is -2.23. The summed E-state index contributed by atoms with van der Waals surface area (Å²) in [5.74, 6) is 0. The fourth-order valence-electron chi connectivity index (χ4n) is 1.98. The maximum atomic E-state index is 5.90. The van der Waals surface area contributed by atoms with E-state index < -0.39 is 0 Å². The first kappa shape index (κ1) is 9.68. The molecule has 4 heteroatoms. The molecule has 0 aromatic carbocycles. The van der Waals surface area contributed by atoms with Gasteiger partial charge in [-0.05, 0) is 19.9 Å². The molecule has 1 aliphatic heterocycles. The molecule has 0 amide bonds. The molecule has 0 aliphatic carbocycles. The monoisotopic (exact) mass is 195 g/mol. The molecule has 1 saturated heterocycles. The zero-order valence-corrected chi connectivity index (χ0v) is 8.73. The summed E-state index contributed by atoms with van der Waals surface area (Å²) in [6.07, 6.45) is 6.56. The number of hydrogen-bond donors (Lipinski definition) is 1. The highest BCUT2D eigenvalue weighted by atomic mass is 16.5. The maximum Gasteiger partial charge on any atom is 0.0995 e. The first-order valence-electron chi connectivity index (χ1n) is 5.07. The Morgan fingerprint density at radius 3 is 3.14 bits per heavy atom. The number of nitrogens with one attached hydrogen (secondary N) is 1. The molecule has 1 N–H and O–H groups in total. The lowest BCUT2D eigenvalue weighted by atomic mass is 10.1. The molecule has 2 heterocycles. The molecule has 1 aromatic heterocycles. The summed E-state index contributed by atoms with van der Waals surface area (Å²) in [4.78, 5) is 4.10. The average Bonchev–Trinajstić information content (AvgIpc) is 2.74. The van der Waals surface area contributed by atoms with E-state index in [4.69, 9.17) is 4.74 Å². The molecule has 2 atom stereocenters. The Kier molecular flexibility index (Phi) is 2.84. The van der Waals surface area contributed by atoms with Gasteiger partial charge in [-0.15, -0.1) is 0 Å². The molecule has 1 aliphatic rings. The van der Waals surface area contributed by atoms with Gasteiger partial charge in [0.1, 0.15) is 0 Å². The van der Waals surface area contributed by atoms with Gasteiger partial charge in [0, 0.05) is 13.6 Å². The van der Waals surface area contributed by atoms with Crippen molar-refractivity contribution in [1.29, 1.82) is 0 Å². The van der Waals surface area contributed by atoms with E-state index >= 15 is 0 Å². The summed E-state index contributed by atoms with van der Waals surface area (Å²) in [5, 5.41) is 3.14. The third-order valence-corrected chi connectivity index (χ3v) is 2.72. The van der Waals surface area contributed by atoms with Crippen LogP contribution in [0.4, 0.5) is 0 Å². The molecule has 1 aromatic rings. The minimum absolute atomic E-state index is 0.237. The van der Waals surface area contributed by atoms with Crippen molar-refractivity contribution in [2.75, 3.05) is 13.6 Å². The first-order chi connectivity index (χ1) is 6.81. The second kappa shape index (κ2) is 4.11. The number of imidazole rings is 1. The van der Waals surface area contributed by atoms with Gasteiger partial charge >= 0.3 is 0 Å². The molecule has 0 radical (unpaired) electrons. The molecule has 14 heavy (non-hydrogen) atoms. The van der Waals surface area contributed by atoms with Crippen LogP contribution in [0.5, 0.6) is 0 Å². The van der Waals surface area contributed by atoms with Crippen LogP contribution < -0.4 is 5.32 Å². The van der Waals surface area contributed by atoms with Gasteiger partial charge < -0.3 is 14.6 Å². The summed E-state index contributed by atoms with van der Waals surface area (Å²) >= 11 is 0. The van der Waals surface area contributed by atoms with Crippen molar-refractivity contribution in [1.82, 2.24) is 14.9 Å². The van der Waals surface area contributed by atoms with E-state index in [1.807, 2.05) is 31.2 Å². The first-order valence-corrected chi connectivity index (χ1v) is 5.07. The van der Waals surface area contributed by atoms with Crippen LogP contribution in [0.25, 0.3) is 0 Å². The second-order valence-corrected chi connectivity index (χ2v) is 3.81. The molecule has 2 rings (SSSR count). The lowest BCUT2D eigenvalue weighted by molar-refractivity contribution is 0.0421. The molecular formula is C10H17N3O. The maximum absolute atomic E-state index is 5.90. The quantitative estimate of drug-likeness (QED) is 0.777. The highest BCUT2D eigenvalue weighted by Crippen LogP contribution is 2.31. The summed E-state index contributed by atoms with van der Waals surface area (Å²) in [6.45, 7) is 0.939. The van der Waals surface area contributed by atoms with Crippen molar-refractivity contribution in [2.45, 2.75) is 25.0 Å². The Hall–Kier alpha value is -0.870. The summed E-state index contributed by atoms with van der Waals surface area (Å²) in [6, 6.07) is 0. The molecule has 1 fully saturated rings. The molecule has 0 spiro atoms. The Balaban J connectivity index is 1.99. The number of nitrogens with zero attached hydrogens (tertiary/aromatic N) is 2. The minimum atomic E-state index is 0.237. The van der Waals surface area contributed by atoms with Gasteiger partial charge in [-0.1, -0.05) is 0 Å². The van der Waals surface area contributed by atoms with Crippen molar-refractivity contribution >= 4 is 0 Å². The van der Waals surface area contributed by atoms with Crippen molar-refractivity contribution in [3.05, 3.63) is 18.2 Å². The number of ether oxygens (including phenoxy) is 1. The third-order valence-electron chi connectivity index (χ3n) is 2.72. The predicted octanol–water partition coefficient (Wildman–Crippen LogP) is 0.860. The van der Waals surface area contributed by atoms with Gasteiger partial charge in [-0.3, -0.25) is 0 Å². The van der Waals surface area contributed by atoms with E-state index in [2.05, 4.69) is 10.3 Å². The summed E-state index contributed by atoms with van der Waals surface area (Å²) < 4.78 is 7.94. The highest BCUT2D eigenvalue weighted by molar-refractivity contribution is 5.04. The van der Waals surface area contributed by atoms with Gasteiger partial charge in [0.05, 0.1) is 30.4 Å². The van der Waals surface area contributed by atoms with Crippen LogP contribution in [0.1, 0.15) is 24.6 Å². The lowest BCUT2D eigenvalue weighted by Gasteiger charge is -2.13. The Bertz CT molecular complexity index is 297. The number of hydrogen-bond acceptors (Lipinski definition) is 3. The second-order valence-electron chi connectivity index (χ2n) is 3.81. The average molecular weight is 195 g/mol. The number of rotatable bonds is 3. The van der Waals surface area contributed by atoms with Gasteiger partial charge in [0.15, 0.2) is 0 Å². The van der Waals surface area contributed by atoms with E-state index in [-0.39, 0.29) is 6.10 Å². The number of aryl methyl sites for hydroxylation is 1. The Morgan fingerprint density at radius 2 is 2.50 bits per heavy atom. The van der Waals surface area contributed by atoms with Gasteiger partial charge in [-0.25, -0.2) is 4.98 Å². The van der Waals surface area contributed by atoms with E-state index in [1.54, 1.807) is 0 Å². The fourth-order valence-corrected chi connectivity index (χ4v) is 1.98. The summed E-state index contributed by atoms with van der Waals surface area (Å²) in [5.41, 5.74) is 1.18. The van der Waals surface area contributed by atoms with Gasteiger partial charge in [0.2, 0.25) is 0 Å². The normalized spacial score (nSPS) is 27.0. The number of aromatic nitrogens is 2. The van der Waals surface area contributed by atoms with Crippen LogP contribution in [-0.4, -0.2) is 29.2 Å². The van der Waals surface area contributed by atoms with Crippen molar-refractivity contribution in [2.24, 2.45) is 7.05 Å². The molecule has 78 valence electrons. The highest BCUT2D eigenvalue weighted by Gasteiger charge is 2.27.